The molecule has 14 heteroatoms. The number of ether oxygens (including phenoxy) is 2. The van der Waals surface area contributed by atoms with Crippen LogP contribution in [0.5, 0.6) is 23.0 Å². The minimum Gasteiger partial charge on any atom is -0.507 e. The first-order chi connectivity index (χ1) is 19.2. The number of hydrogen-bond acceptors (Lipinski definition) is 14. The first-order valence-corrected chi connectivity index (χ1v) is 12.7. The minimum absolute atomic E-state index is 0.0965. The smallest absolute Gasteiger partial charge is 0.197 e. The molecule has 10 atom stereocenters. The van der Waals surface area contributed by atoms with E-state index in [2.05, 4.69) is 0 Å². The lowest BCUT2D eigenvalue weighted by atomic mass is 9.85. The van der Waals surface area contributed by atoms with E-state index in [-0.39, 0.29) is 11.3 Å². The van der Waals surface area contributed by atoms with Gasteiger partial charge in [0.25, 0.3) is 0 Å². The van der Waals surface area contributed by atoms with Gasteiger partial charge in [-0.15, -0.1) is 0 Å². The van der Waals surface area contributed by atoms with Gasteiger partial charge in [-0.2, -0.15) is 0 Å². The zero-order valence-electron chi connectivity index (χ0n) is 21.7. The fourth-order valence-electron chi connectivity index (χ4n) is 5.34. The van der Waals surface area contributed by atoms with E-state index in [9.17, 15) is 55.9 Å². The van der Waals surface area contributed by atoms with Crippen LogP contribution in [0.2, 0.25) is 0 Å². The Labute approximate surface area is 231 Å². The van der Waals surface area contributed by atoms with Crippen LogP contribution in [0.1, 0.15) is 37.2 Å². The quantitative estimate of drug-likeness (QED) is 0.174. The number of hydrogen-bond donors (Lipinski definition) is 10. The lowest BCUT2D eigenvalue weighted by Gasteiger charge is -2.41. The summed E-state index contributed by atoms with van der Waals surface area (Å²) in [6.07, 6.45) is -16.0. The molecule has 0 aliphatic carbocycles. The molecule has 2 saturated heterocycles. The second-order valence-corrected chi connectivity index (χ2v) is 10.4. The maximum absolute atomic E-state index is 13.5. The van der Waals surface area contributed by atoms with E-state index in [0.29, 0.717) is 0 Å². The minimum atomic E-state index is -1.90. The summed E-state index contributed by atoms with van der Waals surface area (Å²) in [4.78, 5) is 13.5. The first-order valence-electron chi connectivity index (χ1n) is 12.7. The highest BCUT2D eigenvalue weighted by molar-refractivity contribution is 5.92. The monoisotopic (exact) mass is 578 g/mol. The van der Waals surface area contributed by atoms with E-state index in [1.165, 1.54) is 19.9 Å². The Balaban J connectivity index is 1.82. The highest BCUT2D eigenvalue weighted by Crippen LogP contribution is 2.51. The molecule has 0 radical (unpaired) electrons. The van der Waals surface area contributed by atoms with Crippen molar-refractivity contribution in [1.82, 2.24) is 0 Å². The van der Waals surface area contributed by atoms with Crippen molar-refractivity contribution < 1.29 is 65.0 Å². The Kier molecular flexibility index (Phi) is 7.38. The third-order valence-electron chi connectivity index (χ3n) is 7.73. The summed E-state index contributed by atoms with van der Waals surface area (Å²) in [5.41, 5.74) is -2.38. The van der Waals surface area contributed by atoms with Crippen LogP contribution in [0.15, 0.2) is 33.5 Å². The average Bonchev–Trinajstić information content (AvgIpc) is 2.92. The molecule has 2 aliphatic rings. The molecule has 0 amide bonds. The summed E-state index contributed by atoms with van der Waals surface area (Å²) in [5.74, 6) is -3.00. The van der Waals surface area contributed by atoms with Crippen molar-refractivity contribution in [2.45, 2.75) is 74.9 Å². The van der Waals surface area contributed by atoms with E-state index in [0.717, 1.165) is 18.2 Å². The van der Waals surface area contributed by atoms with Crippen LogP contribution in [0.3, 0.4) is 0 Å². The number of rotatable bonds is 3. The van der Waals surface area contributed by atoms with Crippen molar-refractivity contribution in [2.24, 2.45) is 0 Å². The third kappa shape index (κ3) is 4.58. The standard InChI is InChI=1S/C27H30O14/c1-7-17(31)21(35)23(37)26(39-7)15-19(33)14-12(30)6-13(9-3-4-10(28)11(29)5-9)41-25(14)16(20(15)34)27-24(38)22(36)18(32)8(2)40-27/h3-8,17-18,21-24,26-29,31-38H,1-2H3. The number of benzene rings is 2. The first kappa shape index (κ1) is 29.0. The second-order valence-electron chi connectivity index (χ2n) is 10.4. The molecule has 10 N–H and O–H groups in total. The van der Waals surface area contributed by atoms with Gasteiger partial charge in [0.05, 0.1) is 23.3 Å². The highest BCUT2D eigenvalue weighted by Gasteiger charge is 2.48. The molecule has 2 fully saturated rings. The second kappa shape index (κ2) is 10.4. The Morgan fingerprint density at radius 3 is 1.71 bits per heavy atom. The van der Waals surface area contributed by atoms with Crippen molar-refractivity contribution in [3.8, 4) is 34.3 Å². The normalized spacial score (nSPS) is 34.1. The van der Waals surface area contributed by atoms with Gasteiger partial charge in [-0.25, -0.2) is 0 Å². The molecule has 41 heavy (non-hydrogen) atoms. The van der Waals surface area contributed by atoms with Gasteiger partial charge in [-0.05, 0) is 32.0 Å². The highest BCUT2D eigenvalue weighted by atomic mass is 16.5. The van der Waals surface area contributed by atoms with Gasteiger partial charge in [0.1, 0.15) is 71.5 Å². The van der Waals surface area contributed by atoms with Crippen LogP contribution in [0.4, 0.5) is 0 Å². The van der Waals surface area contributed by atoms with Gasteiger partial charge in [0, 0.05) is 11.6 Å². The van der Waals surface area contributed by atoms with E-state index >= 15 is 0 Å². The Morgan fingerprint density at radius 1 is 0.634 bits per heavy atom. The average molecular weight is 579 g/mol. The van der Waals surface area contributed by atoms with E-state index in [1.807, 2.05) is 0 Å². The van der Waals surface area contributed by atoms with Crippen molar-refractivity contribution in [3.05, 3.63) is 45.6 Å². The zero-order chi connectivity index (χ0) is 30.1. The fourth-order valence-corrected chi connectivity index (χ4v) is 5.34. The number of aromatic hydroxyl groups is 4. The molecule has 222 valence electrons. The summed E-state index contributed by atoms with van der Waals surface area (Å²) < 4.78 is 17.2. The van der Waals surface area contributed by atoms with Gasteiger partial charge in [-0.1, -0.05) is 0 Å². The number of phenolic OH excluding ortho intramolecular Hbond substituents is 4. The maximum atomic E-state index is 13.5. The summed E-state index contributed by atoms with van der Waals surface area (Å²) >= 11 is 0. The third-order valence-corrected chi connectivity index (χ3v) is 7.73. The lowest BCUT2D eigenvalue weighted by Crippen LogP contribution is -2.53. The van der Waals surface area contributed by atoms with Crippen LogP contribution in [0, 0.1) is 0 Å². The molecule has 10 unspecified atom stereocenters. The molecular formula is C27H30O14. The van der Waals surface area contributed by atoms with Crippen molar-refractivity contribution in [2.75, 3.05) is 0 Å². The number of phenols is 4. The lowest BCUT2D eigenvalue weighted by molar-refractivity contribution is -0.222. The Morgan fingerprint density at radius 2 is 1.17 bits per heavy atom. The summed E-state index contributed by atoms with van der Waals surface area (Å²) in [5, 5.41) is 105. The Hall–Kier alpha value is -3.47. The molecule has 3 heterocycles. The van der Waals surface area contributed by atoms with E-state index in [1.54, 1.807) is 0 Å². The SMILES string of the molecule is CC1OC(c2c(O)c(C3OC(C)C(O)C(O)C3O)c3oc(-c4ccc(O)c(O)c4)cc(=O)c3c2O)C(O)C(O)C1O. The molecule has 0 saturated carbocycles. The molecule has 1 aromatic heterocycles. The summed E-state index contributed by atoms with van der Waals surface area (Å²) in [7, 11) is 0. The van der Waals surface area contributed by atoms with Crippen molar-refractivity contribution in [1.29, 1.82) is 0 Å². The van der Waals surface area contributed by atoms with Crippen LogP contribution in [-0.2, 0) is 9.47 Å². The van der Waals surface area contributed by atoms with Crippen molar-refractivity contribution in [3.63, 3.8) is 0 Å². The van der Waals surface area contributed by atoms with Gasteiger partial charge in [-0.3, -0.25) is 4.79 Å². The molecule has 14 nitrogen and oxygen atoms in total. The van der Waals surface area contributed by atoms with Crippen LogP contribution >= 0.6 is 0 Å². The zero-order valence-corrected chi connectivity index (χ0v) is 21.7. The predicted molar refractivity (Wildman–Crippen MR) is 137 cm³/mol. The number of aliphatic hydroxyl groups excluding tert-OH is 6. The van der Waals surface area contributed by atoms with E-state index in [4.69, 9.17) is 13.9 Å². The van der Waals surface area contributed by atoms with Crippen LogP contribution in [0.25, 0.3) is 22.3 Å². The van der Waals surface area contributed by atoms with Crippen molar-refractivity contribution >= 4 is 11.0 Å². The topological polar surface area (TPSA) is 251 Å². The molecule has 2 aromatic carbocycles. The van der Waals surface area contributed by atoms with Gasteiger partial charge in [0.15, 0.2) is 22.5 Å². The molecule has 2 aliphatic heterocycles. The number of aliphatic hydroxyl groups is 6. The molecule has 0 spiro atoms. The largest absolute Gasteiger partial charge is 0.507 e. The van der Waals surface area contributed by atoms with Gasteiger partial charge in [0.2, 0.25) is 0 Å². The predicted octanol–water partition coefficient (Wildman–Crippen LogP) is -0.633. The van der Waals surface area contributed by atoms with Gasteiger partial charge >= 0.3 is 0 Å². The molecule has 0 bridgehead atoms. The molecule has 3 aromatic rings. The summed E-state index contributed by atoms with van der Waals surface area (Å²) in [6, 6.07) is 4.46. The summed E-state index contributed by atoms with van der Waals surface area (Å²) in [6.45, 7) is 2.74. The van der Waals surface area contributed by atoms with Crippen LogP contribution < -0.4 is 5.43 Å². The number of fused-ring (bicyclic) bond motifs is 1. The van der Waals surface area contributed by atoms with E-state index < -0.39 is 112 Å². The Bertz CT molecular complexity index is 1530. The van der Waals surface area contributed by atoms with Crippen LogP contribution in [-0.4, -0.2) is 99.9 Å². The fraction of sp³-hybridized carbons (Fsp3) is 0.444. The molecule has 5 rings (SSSR count). The molecular weight excluding hydrogens is 548 g/mol. The van der Waals surface area contributed by atoms with Gasteiger partial charge < -0.3 is 65.0 Å². The maximum Gasteiger partial charge on any atom is 0.197 e.